The molecule has 1 aliphatic heterocycles. The van der Waals surface area contributed by atoms with E-state index in [1.54, 1.807) is 0 Å². The molecule has 0 unspecified atom stereocenters. The van der Waals surface area contributed by atoms with Crippen LogP contribution in [0.25, 0.3) is 0 Å². The van der Waals surface area contributed by atoms with Crippen molar-refractivity contribution in [2.75, 3.05) is 19.1 Å². The fourth-order valence-electron chi connectivity index (χ4n) is 2.14. The van der Waals surface area contributed by atoms with Crippen LogP contribution >= 0.6 is 11.6 Å². The molecule has 1 saturated heterocycles. The third-order valence-electron chi connectivity index (χ3n) is 2.97. The molecule has 0 N–H and O–H groups in total. The maximum atomic E-state index is 5.97. The van der Waals surface area contributed by atoms with E-state index in [4.69, 9.17) is 21.1 Å². The molecule has 0 spiro atoms. The molecular weight excluding hydrogens is 236 g/mol. The number of hydrogen-bond donors (Lipinski definition) is 0. The van der Waals surface area contributed by atoms with Crippen molar-refractivity contribution in [2.45, 2.75) is 26.1 Å². The Morgan fingerprint density at radius 2 is 1.76 bits per heavy atom. The van der Waals surface area contributed by atoms with E-state index in [1.165, 1.54) is 5.56 Å². The van der Waals surface area contributed by atoms with Crippen LogP contribution in [0.1, 0.15) is 25.0 Å². The van der Waals surface area contributed by atoms with E-state index in [9.17, 15) is 0 Å². The molecule has 0 aromatic heterocycles. The lowest BCUT2D eigenvalue weighted by Gasteiger charge is -2.25. The Labute approximate surface area is 108 Å². The van der Waals surface area contributed by atoms with Gasteiger partial charge in [-0.3, -0.25) is 0 Å². The predicted molar refractivity (Wildman–Crippen MR) is 69.3 cm³/mol. The maximum Gasteiger partial charge on any atom is 0.208 e. The number of halogens is 1. The summed E-state index contributed by atoms with van der Waals surface area (Å²) < 4.78 is 11.3. The third-order valence-corrected chi connectivity index (χ3v) is 3.32. The van der Waals surface area contributed by atoms with Crippen LogP contribution < -0.4 is 0 Å². The zero-order chi connectivity index (χ0) is 12.3. The van der Waals surface area contributed by atoms with Crippen molar-refractivity contribution in [1.29, 1.82) is 0 Å². The van der Waals surface area contributed by atoms with Gasteiger partial charge in [-0.25, -0.2) is 0 Å². The number of alkyl halides is 1. The van der Waals surface area contributed by atoms with Crippen molar-refractivity contribution in [1.82, 2.24) is 0 Å². The largest absolute Gasteiger partial charge is 0.342 e. The minimum Gasteiger partial charge on any atom is -0.342 e. The van der Waals surface area contributed by atoms with Gasteiger partial charge >= 0.3 is 0 Å². The van der Waals surface area contributed by atoms with E-state index < -0.39 is 5.79 Å². The lowest BCUT2D eigenvalue weighted by molar-refractivity contribution is -0.146. The van der Waals surface area contributed by atoms with Crippen LogP contribution in [0.4, 0.5) is 0 Å². The summed E-state index contributed by atoms with van der Waals surface area (Å²) >= 11 is 5.97. The van der Waals surface area contributed by atoms with Crippen LogP contribution in [0.15, 0.2) is 24.3 Å². The molecule has 0 atom stereocenters. The summed E-state index contributed by atoms with van der Waals surface area (Å²) in [5, 5.41) is 0. The summed E-state index contributed by atoms with van der Waals surface area (Å²) in [5.74, 6) is 0.274. The van der Waals surface area contributed by atoms with Gasteiger partial charge in [0.1, 0.15) is 0 Å². The molecule has 0 bridgehead atoms. The highest BCUT2D eigenvalue weighted by Crippen LogP contribution is 2.32. The molecular formula is C14H19ClO2. The highest BCUT2D eigenvalue weighted by Gasteiger charge is 2.37. The van der Waals surface area contributed by atoms with Gasteiger partial charge in [-0.2, -0.15) is 0 Å². The highest BCUT2D eigenvalue weighted by molar-refractivity contribution is 6.18. The van der Waals surface area contributed by atoms with E-state index >= 15 is 0 Å². The molecule has 1 aromatic rings. The number of rotatable bonds is 4. The standard InChI is InChI=1S/C14H19ClO2/c1-11(2)9-12-3-5-13(6-4-12)14(10-15)16-7-8-17-14/h3-6,11H,7-10H2,1-2H3. The van der Waals surface area contributed by atoms with Crippen LogP contribution in [0, 0.1) is 5.92 Å². The molecule has 94 valence electrons. The Bertz CT molecular complexity index is 353. The quantitative estimate of drug-likeness (QED) is 0.768. The molecule has 0 amide bonds. The van der Waals surface area contributed by atoms with E-state index in [2.05, 4.69) is 38.1 Å². The van der Waals surface area contributed by atoms with Gasteiger partial charge in [-0.15, -0.1) is 11.6 Å². The number of ether oxygens (including phenoxy) is 2. The van der Waals surface area contributed by atoms with Gasteiger partial charge in [0.25, 0.3) is 0 Å². The van der Waals surface area contributed by atoms with Crippen molar-refractivity contribution in [3.8, 4) is 0 Å². The van der Waals surface area contributed by atoms with Gasteiger partial charge in [0.15, 0.2) is 0 Å². The van der Waals surface area contributed by atoms with Gasteiger partial charge in [0.2, 0.25) is 5.79 Å². The molecule has 1 aliphatic rings. The first-order valence-electron chi connectivity index (χ1n) is 6.09. The van der Waals surface area contributed by atoms with E-state index in [0.29, 0.717) is 25.0 Å². The average molecular weight is 255 g/mol. The van der Waals surface area contributed by atoms with Gasteiger partial charge < -0.3 is 9.47 Å². The Morgan fingerprint density at radius 3 is 2.24 bits per heavy atom. The third kappa shape index (κ3) is 2.82. The molecule has 2 rings (SSSR count). The second kappa shape index (κ2) is 5.38. The number of hydrogen-bond acceptors (Lipinski definition) is 2. The molecule has 17 heavy (non-hydrogen) atoms. The average Bonchev–Trinajstić information content (AvgIpc) is 2.79. The SMILES string of the molecule is CC(C)Cc1ccc(C2(CCl)OCCO2)cc1. The molecule has 0 aliphatic carbocycles. The molecule has 1 fully saturated rings. The van der Waals surface area contributed by atoms with Crippen LogP contribution in [0.2, 0.25) is 0 Å². The zero-order valence-electron chi connectivity index (χ0n) is 10.4. The minimum atomic E-state index is -0.724. The Hall–Kier alpha value is -0.570. The van der Waals surface area contributed by atoms with Crippen LogP contribution in [0.3, 0.4) is 0 Å². The van der Waals surface area contributed by atoms with Gasteiger partial charge in [-0.05, 0) is 17.9 Å². The molecule has 2 nitrogen and oxygen atoms in total. The summed E-state index contributed by atoms with van der Waals surface area (Å²) in [4.78, 5) is 0. The first-order valence-corrected chi connectivity index (χ1v) is 6.63. The summed E-state index contributed by atoms with van der Waals surface area (Å²) in [6.07, 6.45) is 1.09. The van der Waals surface area contributed by atoms with Crippen LogP contribution in [-0.2, 0) is 21.7 Å². The van der Waals surface area contributed by atoms with Crippen molar-refractivity contribution in [2.24, 2.45) is 5.92 Å². The first kappa shape index (κ1) is 12.9. The van der Waals surface area contributed by atoms with E-state index in [-0.39, 0.29) is 0 Å². The highest BCUT2D eigenvalue weighted by atomic mass is 35.5. The number of benzene rings is 1. The lowest BCUT2D eigenvalue weighted by atomic mass is 9.99. The molecule has 1 aromatic carbocycles. The van der Waals surface area contributed by atoms with Gasteiger partial charge in [-0.1, -0.05) is 38.1 Å². The monoisotopic (exact) mass is 254 g/mol. The maximum absolute atomic E-state index is 5.97. The fourth-order valence-corrected chi connectivity index (χ4v) is 2.45. The summed E-state index contributed by atoms with van der Waals surface area (Å²) in [6, 6.07) is 8.39. The van der Waals surface area contributed by atoms with Crippen molar-refractivity contribution >= 4 is 11.6 Å². The summed E-state index contributed by atoms with van der Waals surface area (Å²) in [7, 11) is 0. The minimum absolute atomic E-state index is 0.330. The fraction of sp³-hybridized carbons (Fsp3) is 0.571. The molecule has 3 heteroatoms. The Balaban J connectivity index is 2.16. The first-order chi connectivity index (χ1) is 8.16. The van der Waals surface area contributed by atoms with Crippen molar-refractivity contribution in [3.63, 3.8) is 0 Å². The van der Waals surface area contributed by atoms with Crippen LogP contribution in [-0.4, -0.2) is 19.1 Å². The zero-order valence-corrected chi connectivity index (χ0v) is 11.2. The molecule has 1 heterocycles. The second-order valence-corrected chi connectivity index (χ2v) is 5.15. The van der Waals surface area contributed by atoms with Crippen LogP contribution in [0.5, 0.6) is 0 Å². The summed E-state index contributed by atoms with van der Waals surface area (Å²) in [5.41, 5.74) is 2.35. The predicted octanol–water partition coefficient (Wildman–Crippen LogP) is 3.32. The topological polar surface area (TPSA) is 18.5 Å². The molecule has 0 saturated carbocycles. The van der Waals surface area contributed by atoms with E-state index in [0.717, 1.165) is 12.0 Å². The second-order valence-electron chi connectivity index (χ2n) is 4.88. The Kier molecular flexibility index (Phi) is 4.08. The lowest BCUT2D eigenvalue weighted by Crippen LogP contribution is -2.29. The normalized spacial score (nSPS) is 18.8. The molecule has 0 radical (unpaired) electrons. The smallest absolute Gasteiger partial charge is 0.208 e. The van der Waals surface area contributed by atoms with Crippen molar-refractivity contribution in [3.05, 3.63) is 35.4 Å². The van der Waals surface area contributed by atoms with Gasteiger partial charge in [0.05, 0.1) is 19.1 Å². The Morgan fingerprint density at radius 1 is 1.18 bits per heavy atom. The summed E-state index contributed by atoms with van der Waals surface area (Å²) in [6.45, 7) is 5.66. The van der Waals surface area contributed by atoms with E-state index in [1.807, 2.05) is 0 Å². The van der Waals surface area contributed by atoms with Crippen molar-refractivity contribution < 1.29 is 9.47 Å². The van der Waals surface area contributed by atoms with Gasteiger partial charge in [0, 0.05) is 5.56 Å².